The van der Waals surface area contributed by atoms with E-state index in [-0.39, 0.29) is 0 Å². The fourth-order valence-electron chi connectivity index (χ4n) is 3.51. The van der Waals surface area contributed by atoms with E-state index in [2.05, 4.69) is 35.7 Å². The molecule has 2 aliphatic heterocycles. The summed E-state index contributed by atoms with van der Waals surface area (Å²) in [6.45, 7) is 4.63. The molecule has 4 heteroatoms. The lowest BCUT2D eigenvalue weighted by Gasteiger charge is -2.48. The second-order valence-corrected chi connectivity index (χ2v) is 7.46. The molecule has 2 saturated heterocycles. The molecule has 0 saturated carbocycles. The molecule has 2 fully saturated rings. The third-order valence-corrected chi connectivity index (χ3v) is 5.70. The van der Waals surface area contributed by atoms with Crippen LogP contribution >= 0.6 is 11.8 Å². The van der Waals surface area contributed by atoms with E-state index in [1.165, 1.54) is 56.8 Å². The number of nitrogens with two attached hydrogens (primary N) is 1. The molecule has 3 nitrogen and oxygen atoms in total. The summed E-state index contributed by atoms with van der Waals surface area (Å²) in [6, 6.07) is 0. The third-order valence-electron chi connectivity index (χ3n) is 4.71. The Morgan fingerprint density at radius 1 is 1.22 bits per heavy atom. The summed E-state index contributed by atoms with van der Waals surface area (Å²) >= 11 is 2.10. The minimum atomic E-state index is 0.342. The minimum Gasteiger partial charge on any atom is -0.329 e. The van der Waals surface area contributed by atoms with E-state index in [4.69, 9.17) is 5.73 Å². The quantitative estimate of drug-likeness (QED) is 0.839. The van der Waals surface area contributed by atoms with Crippen LogP contribution in [0.4, 0.5) is 0 Å². The maximum Gasteiger partial charge on any atom is 0.0347 e. The van der Waals surface area contributed by atoms with Crippen molar-refractivity contribution in [2.24, 2.45) is 11.7 Å². The number of rotatable bonds is 4. The fourth-order valence-corrected chi connectivity index (χ4v) is 4.76. The molecule has 106 valence electrons. The van der Waals surface area contributed by atoms with Gasteiger partial charge in [-0.15, -0.1) is 0 Å². The Kier molecular flexibility index (Phi) is 5.36. The van der Waals surface area contributed by atoms with Crippen LogP contribution in [-0.2, 0) is 0 Å². The van der Waals surface area contributed by atoms with Crippen molar-refractivity contribution in [3.63, 3.8) is 0 Å². The monoisotopic (exact) mass is 271 g/mol. The van der Waals surface area contributed by atoms with Crippen LogP contribution < -0.4 is 5.73 Å². The van der Waals surface area contributed by atoms with Crippen LogP contribution in [0.3, 0.4) is 0 Å². The van der Waals surface area contributed by atoms with Gasteiger partial charge in [0.25, 0.3) is 0 Å². The molecule has 0 bridgehead atoms. The summed E-state index contributed by atoms with van der Waals surface area (Å²) in [5, 5.41) is 0. The van der Waals surface area contributed by atoms with E-state index in [9.17, 15) is 0 Å². The molecule has 2 N–H and O–H groups in total. The van der Waals surface area contributed by atoms with Crippen LogP contribution in [0.5, 0.6) is 0 Å². The van der Waals surface area contributed by atoms with Crippen molar-refractivity contribution in [1.29, 1.82) is 0 Å². The van der Waals surface area contributed by atoms with E-state index >= 15 is 0 Å². The van der Waals surface area contributed by atoms with Crippen molar-refractivity contribution in [3.8, 4) is 0 Å². The summed E-state index contributed by atoms with van der Waals surface area (Å²) in [4.78, 5) is 5.05. The predicted molar refractivity (Wildman–Crippen MR) is 81.2 cm³/mol. The Labute approximate surface area is 116 Å². The first-order valence-corrected chi connectivity index (χ1v) is 8.49. The van der Waals surface area contributed by atoms with Gasteiger partial charge in [-0.25, -0.2) is 0 Å². The van der Waals surface area contributed by atoms with Crippen molar-refractivity contribution >= 4 is 11.8 Å². The highest BCUT2D eigenvalue weighted by Crippen LogP contribution is 2.34. The zero-order valence-corrected chi connectivity index (χ0v) is 12.8. The molecular formula is C14H29N3S. The molecule has 2 aliphatic rings. The Balaban J connectivity index is 1.87. The number of hydrogen-bond acceptors (Lipinski definition) is 4. The molecule has 0 radical (unpaired) electrons. The summed E-state index contributed by atoms with van der Waals surface area (Å²) < 4.78 is 0. The van der Waals surface area contributed by atoms with Crippen molar-refractivity contribution in [2.75, 3.05) is 51.8 Å². The highest BCUT2D eigenvalue weighted by Gasteiger charge is 2.38. The number of hydrogen-bond donors (Lipinski definition) is 1. The molecule has 0 spiro atoms. The second kappa shape index (κ2) is 6.60. The van der Waals surface area contributed by atoms with Gasteiger partial charge >= 0.3 is 0 Å². The summed E-state index contributed by atoms with van der Waals surface area (Å²) in [5.41, 5.74) is 6.47. The second-order valence-electron chi connectivity index (χ2n) is 6.23. The lowest BCUT2D eigenvalue weighted by atomic mass is 9.86. The average molecular weight is 271 g/mol. The molecular weight excluding hydrogens is 242 g/mol. The fraction of sp³-hybridized carbons (Fsp3) is 1.00. The standard InChI is InChI=1S/C14H29N3S/c1-16(2)11-13-3-7-17(8-4-13)14(12-15)5-9-18-10-6-14/h13H,3-12,15H2,1-2H3. The van der Waals surface area contributed by atoms with E-state index < -0.39 is 0 Å². The summed E-state index contributed by atoms with van der Waals surface area (Å²) in [6.07, 6.45) is 5.30. The Hall–Kier alpha value is 0.230. The molecule has 0 aromatic rings. The molecule has 0 aromatic carbocycles. The van der Waals surface area contributed by atoms with Crippen molar-refractivity contribution in [2.45, 2.75) is 31.2 Å². The van der Waals surface area contributed by atoms with Gasteiger partial charge in [0.1, 0.15) is 0 Å². The lowest BCUT2D eigenvalue weighted by molar-refractivity contribution is 0.0434. The molecule has 2 heterocycles. The minimum absolute atomic E-state index is 0.342. The zero-order chi connectivity index (χ0) is 13.0. The van der Waals surface area contributed by atoms with Gasteiger partial charge in [0.2, 0.25) is 0 Å². The summed E-state index contributed by atoms with van der Waals surface area (Å²) in [7, 11) is 4.37. The van der Waals surface area contributed by atoms with E-state index in [1.54, 1.807) is 0 Å². The first-order chi connectivity index (χ1) is 8.66. The predicted octanol–water partition coefficient (Wildman–Crippen LogP) is 1.48. The van der Waals surface area contributed by atoms with Crippen molar-refractivity contribution in [3.05, 3.63) is 0 Å². The van der Waals surface area contributed by atoms with Crippen LogP contribution in [0, 0.1) is 5.92 Å². The first-order valence-electron chi connectivity index (χ1n) is 7.34. The van der Waals surface area contributed by atoms with Crippen LogP contribution in [0.1, 0.15) is 25.7 Å². The van der Waals surface area contributed by atoms with Gasteiger partial charge in [0.15, 0.2) is 0 Å². The van der Waals surface area contributed by atoms with Gasteiger partial charge in [0.05, 0.1) is 0 Å². The maximum absolute atomic E-state index is 6.13. The van der Waals surface area contributed by atoms with Crippen LogP contribution in [0.15, 0.2) is 0 Å². The number of thioether (sulfide) groups is 1. The first kappa shape index (κ1) is 14.6. The third kappa shape index (κ3) is 3.41. The molecule has 0 aromatic heterocycles. The van der Waals surface area contributed by atoms with E-state index in [0.29, 0.717) is 5.54 Å². The van der Waals surface area contributed by atoms with Crippen molar-refractivity contribution < 1.29 is 0 Å². The SMILES string of the molecule is CN(C)CC1CCN(C2(CN)CCSCC2)CC1. The maximum atomic E-state index is 6.13. The van der Waals surface area contributed by atoms with Gasteiger partial charge in [-0.05, 0) is 70.3 Å². The van der Waals surface area contributed by atoms with Gasteiger partial charge in [-0.1, -0.05) is 0 Å². The topological polar surface area (TPSA) is 32.5 Å². The number of likely N-dealkylation sites (tertiary alicyclic amines) is 1. The van der Waals surface area contributed by atoms with Crippen LogP contribution in [0.2, 0.25) is 0 Å². The Morgan fingerprint density at radius 3 is 2.33 bits per heavy atom. The van der Waals surface area contributed by atoms with Gasteiger partial charge in [-0.2, -0.15) is 11.8 Å². The van der Waals surface area contributed by atoms with Crippen molar-refractivity contribution in [1.82, 2.24) is 9.80 Å². The number of nitrogens with zero attached hydrogens (tertiary/aromatic N) is 2. The normalized spacial score (nSPS) is 26.7. The smallest absolute Gasteiger partial charge is 0.0347 e. The molecule has 18 heavy (non-hydrogen) atoms. The van der Waals surface area contributed by atoms with E-state index in [0.717, 1.165) is 12.5 Å². The van der Waals surface area contributed by atoms with Gasteiger partial charge in [0, 0.05) is 18.6 Å². The van der Waals surface area contributed by atoms with Gasteiger partial charge < -0.3 is 10.6 Å². The van der Waals surface area contributed by atoms with Crippen LogP contribution in [0.25, 0.3) is 0 Å². The van der Waals surface area contributed by atoms with Gasteiger partial charge in [-0.3, -0.25) is 4.90 Å². The lowest BCUT2D eigenvalue weighted by Crippen LogP contribution is -2.58. The molecule has 0 atom stereocenters. The largest absolute Gasteiger partial charge is 0.329 e. The Bertz CT molecular complexity index is 243. The molecule has 0 amide bonds. The molecule has 0 aliphatic carbocycles. The van der Waals surface area contributed by atoms with E-state index in [1.807, 2.05) is 0 Å². The molecule has 2 rings (SSSR count). The molecule has 0 unspecified atom stereocenters. The Morgan fingerprint density at radius 2 is 1.83 bits per heavy atom. The summed E-state index contributed by atoms with van der Waals surface area (Å²) in [5.74, 6) is 3.49. The number of piperidine rings is 1. The van der Waals surface area contributed by atoms with Crippen LogP contribution in [-0.4, -0.2) is 67.1 Å². The zero-order valence-electron chi connectivity index (χ0n) is 12.0. The average Bonchev–Trinajstić information content (AvgIpc) is 2.39. The highest BCUT2D eigenvalue weighted by molar-refractivity contribution is 7.99. The highest BCUT2D eigenvalue weighted by atomic mass is 32.2.